The minimum absolute atomic E-state index is 0.0416. The van der Waals surface area contributed by atoms with Gasteiger partial charge in [-0.3, -0.25) is 14.4 Å². The Bertz CT molecular complexity index is 2010. The molecule has 8 nitrogen and oxygen atoms in total. The Morgan fingerprint density at radius 1 is 0.750 bits per heavy atom. The number of nitrogens with one attached hydrogen (secondary N) is 3. The van der Waals surface area contributed by atoms with E-state index in [-0.39, 0.29) is 27.5 Å². The lowest BCUT2D eigenvalue weighted by atomic mass is 10.1. The van der Waals surface area contributed by atoms with Crippen molar-refractivity contribution in [1.29, 1.82) is 0 Å². The Kier molecular flexibility index (Phi) is 11.0. The van der Waals surface area contributed by atoms with Crippen LogP contribution in [0.4, 0.5) is 15.8 Å². The number of carbonyl (C=O) groups excluding carboxylic acids is 3. The molecule has 0 aliphatic rings. The van der Waals surface area contributed by atoms with Gasteiger partial charge < -0.3 is 21.1 Å². The van der Waals surface area contributed by atoms with Crippen molar-refractivity contribution < 1.29 is 28.7 Å². The van der Waals surface area contributed by atoms with Crippen molar-refractivity contribution in [3.8, 4) is 0 Å². The fraction of sp³-hybridized carbons (Fsp3) is 0.0270. The number of hydrogen-bond acceptors (Lipinski definition) is 5. The fourth-order valence-corrected chi connectivity index (χ4v) is 5.83. The van der Waals surface area contributed by atoms with Crippen LogP contribution < -0.4 is 16.0 Å². The first-order valence-electron chi connectivity index (χ1n) is 14.5. The van der Waals surface area contributed by atoms with E-state index < -0.39 is 34.8 Å². The van der Waals surface area contributed by atoms with E-state index >= 15 is 0 Å². The van der Waals surface area contributed by atoms with Crippen LogP contribution in [0.5, 0.6) is 0 Å². The monoisotopic (exact) mass is 679 g/mol. The number of rotatable bonds is 11. The molecular weight excluding hydrogens is 653 g/mol. The summed E-state index contributed by atoms with van der Waals surface area (Å²) >= 11 is 7.20. The molecule has 1 unspecified atom stereocenters. The van der Waals surface area contributed by atoms with Gasteiger partial charge in [-0.25, -0.2) is 9.18 Å². The van der Waals surface area contributed by atoms with E-state index in [1.54, 1.807) is 84.9 Å². The predicted octanol–water partition coefficient (Wildman–Crippen LogP) is 8.06. The minimum atomic E-state index is -1.23. The molecule has 0 aromatic heterocycles. The molecule has 0 heterocycles. The number of carbonyl (C=O) groups is 4. The van der Waals surface area contributed by atoms with E-state index in [1.165, 1.54) is 54.2 Å². The molecule has 0 aliphatic heterocycles. The van der Waals surface area contributed by atoms with Crippen LogP contribution in [-0.2, 0) is 9.59 Å². The first kappa shape index (κ1) is 33.6. The summed E-state index contributed by atoms with van der Waals surface area (Å²) < 4.78 is 14.5. The van der Waals surface area contributed by atoms with Crippen molar-refractivity contribution in [2.45, 2.75) is 10.1 Å². The van der Waals surface area contributed by atoms with Crippen LogP contribution in [0.2, 0.25) is 5.02 Å². The molecule has 0 aliphatic carbocycles. The zero-order valence-corrected chi connectivity index (χ0v) is 26.6. The van der Waals surface area contributed by atoms with Gasteiger partial charge in [-0.2, -0.15) is 0 Å². The second-order valence-electron chi connectivity index (χ2n) is 10.3. The second kappa shape index (κ2) is 15.7. The summed E-state index contributed by atoms with van der Waals surface area (Å²) in [6.07, 6.45) is 1.26. The van der Waals surface area contributed by atoms with Gasteiger partial charge in [0.2, 0.25) is 5.91 Å². The van der Waals surface area contributed by atoms with Gasteiger partial charge in [0.05, 0.1) is 10.6 Å². The molecule has 0 bridgehead atoms. The number of halogens is 2. The number of aromatic carboxylic acids is 1. The largest absolute Gasteiger partial charge is 0.478 e. The van der Waals surface area contributed by atoms with Crippen molar-refractivity contribution in [2.24, 2.45) is 0 Å². The van der Waals surface area contributed by atoms with Crippen molar-refractivity contribution >= 4 is 64.5 Å². The van der Waals surface area contributed by atoms with Crippen LogP contribution in [0, 0.1) is 5.82 Å². The van der Waals surface area contributed by atoms with Crippen LogP contribution in [0.1, 0.15) is 37.1 Å². The van der Waals surface area contributed by atoms with Crippen LogP contribution in [-0.4, -0.2) is 28.8 Å². The summed E-state index contributed by atoms with van der Waals surface area (Å²) in [5, 5.41) is 16.8. The average Bonchev–Trinajstić information content (AvgIpc) is 3.09. The first-order chi connectivity index (χ1) is 23.2. The summed E-state index contributed by atoms with van der Waals surface area (Å²) in [6, 6.07) is 34.1. The zero-order chi connectivity index (χ0) is 34.0. The van der Waals surface area contributed by atoms with Crippen LogP contribution in [0.3, 0.4) is 0 Å². The number of carboxylic acid groups (broad SMARTS) is 1. The number of hydrogen-bond donors (Lipinski definition) is 4. The Balaban J connectivity index is 1.39. The van der Waals surface area contributed by atoms with E-state index in [0.717, 1.165) is 0 Å². The molecular formula is C37H27ClFN3O5S. The van der Waals surface area contributed by atoms with Gasteiger partial charge in [0.25, 0.3) is 11.8 Å². The predicted molar refractivity (Wildman–Crippen MR) is 185 cm³/mol. The van der Waals surface area contributed by atoms with Crippen molar-refractivity contribution in [2.75, 3.05) is 10.6 Å². The molecule has 0 spiro atoms. The minimum Gasteiger partial charge on any atom is -0.478 e. The average molecular weight is 680 g/mol. The molecule has 5 aromatic carbocycles. The topological polar surface area (TPSA) is 125 Å². The lowest BCUT2D eigenvalue weighted by Gasteiger charge is -2.18. The molecule has 0 fully saturated rings. The lowest BCUT2D eigenvalue weighted by Crippen LogP contribution is -2.30. The highest BCUT2D eigenvalue weighted by Crippen LogP contribution is 2.37. The molecule has 0 radical (unpaired) electrons. The smallest absolute Gasteiger partial charge is 0.337 e. The third-order valence-corrected chi connectivity index (χ3v) is 8.46. The molecule has 3 amide bonds. The first-order valence-corrected chi connectivity index (χ1v) is 15.7. The second-order valence-corrected chi connectivity index (χ2v) is 11.9. The standard InChI is InChI=1S/C37H27ClFN3O5S/c38-30-19-18-27(22-29(30)37(46)47)41-36(45)33(23-10-3-1-4-11-23)48-28-16-9-15-26(21-28)40-35(44)32(20-25-14-7-8-17-31(25)39)42-34(43)24-12-5-2-6-13-24/h1-22,33H,(H,40,44)(H,41,45)(H,42,43)(H,46,47)/b32-20-. The Labute approximate surface area is 284 Å². The molecule has 4 N–H and O–H groups in total. The number of thioether (sulfide) groups is 1. The van der Waals surface area contributed by atoms with Crippen LogP contribution in [0.15, 0.2) is 138 Å². The maximum absolute atomic E-state index is 14.5. The maximum atomic E-state index is 14.5. The van der Waals surface area contributed by atoms with Gasteiger partial charge >= 0.3 is 5.97 Å². The van der Waals surface area contributed by atoms with Crippen molar-refractivity contribution in [1.82, 2.24) is 5.32 Å². The normalized spacial score (nSPS) is 11.7. The fourth-order valence-electron chi connectivity index (χ4n) is 4.55. The molecule has 5 aromatic rings. The Morgan fingerprint density at radius 2 is 1.42 bits per heavy atom. The summed E-state index contributed by atoms with van der Waals surface area (Å²) in [5.41, 5.74) is 1.38. The molecule has 48 heavy (non-hydrogen) atoms. The summed E-state index contributed by atoms with van der Waals surface area (Å²) in [4.78, 5) is 52.3. The summed E-state index contributed by atoms with van der Waals surface area (Å²) in [7, 11) is 0. The van der Waals surface area contributed by atoms with E-state index in [0.29, 0.717) is 21.7 Å². The number of anilines is 2. The van der Waals surface area contributed by atoms with Gasteiger partial charge in [0.1, 0.15) is 16.8 Å². The summed E-state index contributed by atoms with van der Waals surface area (Å²) in [5.74, 6) is -3.46. The van der Waals surface area contributed by atoms with E-state index in [2.05, 4.69) is 16.0 Å². The van der Waals surface area contributed by atoms with Gasteiger partial charge in [0, 0.05) is 27.4 Å². The third-order valence-electron chi connectivity index (χ3n) is 6.88. The van der Waals surface area contributed by atoms with E-state index in [9.17, 15) is 28.7 Å². The van der Waals surface area contributed by atoms with Gasteiger partial charge in [-0.15, -0.1) is 11.8 Å². The number of benzene rings is 5. The maximum Gasteiger partial charge on any atom is 0.337 e. The lowest BCUT2D eigenvalue weighted by molar-refractivity contribution is -0.116. The van der Waals surface area contributed by atoms with Crippen LogP contribution >= 0.6 is 23.4 Å². The van der Waals surface area contributed by atoms with Crippen LogP contribution in [0.25, 0.3) is 6.08 Å². The van der Waals surface area contributed by atoms with Crippen molar-refractivity contribution in [3.63, 3.8) is 0 Å². The third kappa shape index (κ3) is 8.75. The van der Waals surface area contributed by atoms with Gasteiger partial charge in [0.15, 0.2) is 0 Å². The summed E-state index contributed by atoms with van der Waals surface area (Å²) in [6.45, 7) is 0. The highest BCUT2D eigenvalue weighted by Gasteiger charge is 2.24. The molecule has 0 saturated carbocycles. The molecule has 5 rings (SSSR count). The SMILES string of the molecule is O=C(Nc1cccc(SC(C(=O)Nc2ccc(Cl)c(C(=O)O)c2)c2ccccc2)c1)/C(=C/c1ccccc1F)NC(=O)c1ccccc1. The van der Waals surface area contributed by atoms with Gasteiger partial charge in [-0.05, 0) is 66.2 Å². The van der Waals surface area contributed by atoms with Gasteiger partial charge in [-0.1, -0.05) is 84.4 Å². The Hall–Kier alpha value is -5.71. The number of carboxylic acids is 1. The molecule has 11 heteroatoms. The zero-order valence-electron chi connectivity index (χ0n) is 25.0. The van der Waals surface area contributed by atoms with Crippen molar-refractivity contribution in [3.05, 3.63) is 166 Å². The molecule has 240 valence electrons. The highest BCUT2D eigenvalue weighted by molar-refractivity contribution is 8.00. The highest BCUT2D eigenvalue weighted by atomic mass is 35.5. The number of amides is 3. The van der Waals surface area contributed by atoms with E-state index in [4.69, 9.17) is 11.6 Å². The molecule has 1 atom stereocenters. The molecule has 0 saturated heterocycles. The van der Waals surface area contributed by atoms with E-state index in [1.807, 2.05) is 6.07 Å². The Morgan fingerprint density at radius 3 is 2.12 bits per heavy atom. The quantitative estimate of drug-likeness (QED) is 0.0827.